The van der Waals surface area contributed by atoms with Crippen LogP contribution in [0.4, 0.5) is 0 Å². The smallest absolute Gasteiger partial charge is 0.119 e. The van der Waals surface area contributed by atoms with Gasteiger partial charge >= 0.3 is 0 Å². The van der Waals surface area contributed by atoms with E-state index in [0.717, 1.165) is 11.1 Å². The maximum absolute atomic E-state index is 8.23. The highest BCUT2D eigenvalue weighted by atomic mass is 32.2. The van der Waals surface area contributed by atoms with Crippen LogP contribution in [0.15, 0.2) is 89.7 Å². The van der Waals surface area contributed by atoms with Crippen molar-refractivity contribution in [3.05, 3.63) is 96.0 Å². The Morgan fingerprint density at radius 2 is 1.36 bits per heavy atom. The molecule has 0 N–H and O–H groups in total. The summed E-state index contributed by atoms with van der Waals surface area (Å²) < 4.78 is 38.5. The standard InChI is InChI=1S/C20H18OS/c1-3-7-17(8-4-1)15-21-19-11-13-20(14-12-19)22-16-18-9-5-2-6-10-18/h1-14H,15-16H2/i11D,12D,13D,14D. The van der Waals surface area contributed by atoms with Gasteiger partial charge in [0.1, 0.15) is 12.4 Å². The number of rotatable bonds is 6. The molecule has 0 unspecified atom stereocenters. The molecule has 0 heterocycles. The SMILES string of the molecule is [2H]c1c([2H])c(SCc2ccccc2)c([2H])c([2H])c1OCc1ccccc1. The van der Waals surface area contributed by atoms with Crippen molar-refractivity contribution in [1.82, 2.24) is 0 Å². The highest BCUT2D eigenvalue weighted by Crippen LogP contribution is 2.25. The molecule has 3 aromatic rings. The summed E-state index contributed by atoms with van der Waals surface area (Å²) in [4.78, 5) is 0.343. The second kappa shape index (κ2) is 7.71. The monoisotopic (exact) mass is 310 g/mol. The zero-order valence-electron chi connectivity index (χ0n) is 16.0. The number of hydrogen-bond donors (Lipinski definition) is 0. The third-order valence-corrected chi connectivity index (χ3v) is 4.00. The van der Waals surface area contributed by atoms with Crippen LogP contribution in [0.1, 0.15) is 16.6 Å². The molecule has 0 aliphatic rings. The minimum atomic E-state index is -0.141. The topological polar surface area (TPSA) is 9.23 Å². The van der Waals surface area contributed by atoms with E-state index in [1.807, 2.05) is 60.7 Å². The second-order valence-corrected chi connectivity index (χ2v) is 5.69. The van der Waals surface area contributed by atoms with Crippen molar-refractivity contribution in [1.29, 1.82) is 0 Å². The van der Waals surface area contributed by atoms with Crippen LogP contribution >= 0.6 is 11.8 Å². The zero-order chi connectivity index (χ0) is 18.5. The number of thioether (sulfide) groups is 1. The molecule has 0 aromatic heterocycles. The van der Waals surface area contributed by atoms with Gasteiger partial charge in [0.15, 0.2) is 0 Å². The number of ether oxygens (including phenoxy) is 1. The van der Waals surface area contributed by atoms with E-state index in [-0.39, 0.29) is 36.5 Å². The van der Waals surface area contributed by atoms with Gasteiger partial charge in [-0.25, -0.2) is 0 Å². The van der Waals surface area contributed by atoms with Crippen molar-refractivity contribution in [3.8, 4) is 5.75 Å². The van der Waals surface area contributed by atoms with Crippen molar-refractivity contribution in [2.24, 2.45) is 0 Å². The normalized spacial score (nSPS) is 12.9. The Balaban J connectivity index is 1.82. The lowest BCUT2D eigenvalue weighted by Gasteiger charge is -2.07. The molecule has 0 aliphatic carbocycles. The van der Waals surface area contributed by atoms with Gasteiger partial charge in [-0.3, -0.25) is 0 Å². The molecule has 22 heavy (non-hydrogen) atoms. The Morgan fingerprint density at radius 3 is 2.00 bits per heavy atom. The molecule has 0 fully saturated rings. The molecule has 110 valence electrons. The molecule has 3 rings (SSSR count). The van der Waals surface area contributed by atoms with E-state index >= 15 is 0 Å². The van der Waals surface area contributed by atoms with Crippen molar-refractivity contribution in [3.63, 3.8) is 0 Å². The molecular weight excluding hydrogens is 288 g/mol. The third kappa shape index (κ3) is 4.40. The van der Waals surface area contributed by atoms with Crippen molar-refractivity contribution in [2.45, 2.75) is 17.3 Å². The Labute approximate surface area is 141 Å². The summed E-state index contributed by atoms with van der Waals surface area (Å²) in [6, 6.07) is 18.8. The first-order valence-electron chi connectivity index (χ1n) is 9.01. The van der Waals surface area contributed by atoms with Crippen LogP contribution in [0.3, 0.4) is 0 Å². The summed E-state index contributed by atoms with van der Waals surface area (Å²) >= 11 is 1.31. The van der Waals surface area contributed by atoms with Crippen LogP contribution in [0, 0.1) is 0 Å². The molecule has 1 nitrogen and oxygen atoms in total. The molecule has 0 saturated carbocycles. The van der Waals surface area contributed by atoms with E-state index in [2.05, 4.69) is 0 Å². The molecule has 0 aliphatic heterocycles. The molecule has 0 amide bonds. The van der Waals surface area contributed by atoms with Crippen LogP contribution in [0.25, 0.3) is 0 Å². The van der Waals surface area contributed by atoms with Gasteiger partial charge in [0.2, 0.25) is 0 Å². The third-order valence-electron chi connectivity index (χ3n) is 3.03. The van der Waals surface area contributed by atoms with Gasteiger partial charge in [-0.1, -0.05) is 60.7 Å². The average Bonchev–Trinajstić information content (AvgIpc) is 2.68. The number of benzene rings is 3. The van der Waals surface area contributed by atoms with Crippen LogP contribution in [0.2, 0.25) is 0 Å². The Morgan fingerprint density at radius 1 is 0.773 bits per heavy atom. The first-order chi connectivity index (χ1) is 12.6. The van der Waals surface area contributed by atoms with Crippen molar-refractivity contribution >= 4 is 11.8 Å². The van der Waals surface area contributed by atoms with E-state index in [9.17, 15) is 0 Å². The van der Waals surface area contributed by atoms with E-state index < -0.39 is 0 Å². The van der Waals surface area contributed by atoms with Gasteiger partial charge in [-0.2, -0.15) is 0 Å². The summed E-state index contributed by atoms with van der Waals surface area (Å²) in [5.41, 5.74) is 1.98. The van der Waals surface area contributed by atoms with Crippen molar-refractivity contribution < 1.29 is 10.2 Å². The van der Waals surface area contributed by atoms with Crippen LogP contribution in [0.5, 0.6) is 5.75 Å². The van der Waals surface area contributed by atoms with Crippen molar-refractivity contribution in [2.75, 3.05) is 0 Å². The van der Waals surface area contributed by atoms with Gasteiger partial charge in [-0.05, 0) is 35.3 Å². The van der Waals surface area contributed by atoms with Gasteiger partial charge in [-0.15, -0.1) is 11.8 Å². The molecule has 0 atom stereocenters. The number of hydrogen-bond acceptors (Lipinski definition) is 2. The predicted octanol–water partition coefficient (Wildman–Crippen LogP) is 5.56. The van der Waals surface area contributed by atoms with Gasteiger partial charge in [0.05, 0.1) is 5.48 Å². The lowest BCUT2D eigenvalue weighted by Crippen LogP contribution is -1.94. The summed E-state index contributed by atoms with van der Waals surface area (Å²) in [5.74, 6) is 0.578. The van der Waals surface area contributed by atoms with E-state index in [4.69, 9.17) is 10.2 Å². The quantitative estimate of drug-likeness (QED) is 0.551. The van der Waals surface area contributed by atoms with Crippen LogP contribution in [-0.2, 0) is 12.4 Å². The highest BCUT2D eigenvalue weighted by molar-refractivity contribution is 7.98. The molecule has 0 radical (unpaired) electrons. The molecule has 0 saturated heterocycles. The van der Waals surface area contributed by atoms with Gasteiger partial charge in [0.25, 0.3) is 0 Å². The van der Waals surface area contributed by atoms with Gasteiger partial charge < -0.3 is 4.74 Å². The first-order valence-corrected chi connectivity index (χ1v) is 8.00. The van der Waals surface area contributed by atoms with Crippen LogP contribution < -0.4 is 4.74 Å². The Hall–Kier alpha value is -2.19. The Bertz CT molecular complexity index is 782. The van der Waals surface area contributed by atoms with Gasteiger partial charge in [0, 0.05) is 10.6 Å². The fraction of sp³-hybridized carbons (Fsp3) is 0.100. The first kappa shape index (κ1) is 10.5. The lowest BCUT2D eigenvalue weighted by molar-refractivity contribution is 0.306. The Kier molecular flexibility index (Phi) is 3.69. The van der Waals surface area contributed by atoms with E-state index in [0.29, 0.717) is 10.6 Å². The average molecular weight is 310 g/mol. The molecule has 0 spiro atoms. The molecule has 2 heteroatoms. The fourth-order valence-electron chi connectivity index (χ4n) is 1.89. The lowest BCUT2D eigenvalue weighted by atomic mass is 10.2. The maximum Gasteiger partial charge on any atom is 0.119 e. The molecular formula is C20H18OS. The summed E-state index contributed by atoms with van der Waals surface area (Å²) in [7, 11) is 0. The molecule has 3 aromatic carbocycles. The second-order valence-electron chi connectivity index (χ2n) is 4.71. The maximum atomic E-state index is 8.23. The zero-order valence-corrected chi connectivity index (χ0v) is 12.8. The summed E-state index contributed by atoms with van der Waals surface area (Å²) in [5, 5.41) is 0. The largest absolute Gasteiger partial charge is 0.489 e. The highest BCUT2D eigenvalue weighted by Gasteiger charge is 1.99. The predicted molar refractivity (Wildman–Crippen MR) is 93.2 cm³/mol. The fourth-order valence-corrected chi connectivity index (χ4v) is 2.64. The molecule has 0 bridgehead atoms. The minimum absolute atomic E-state index is 0.00656. The van der Waals surface area contributed by atoms with E-state index in [1.54, 1.807) is 0 Å². The van der Waals surface area contributed by atoms with E-state index in [1.165, 1.54) is 11.8 Å². The summed E-state index contributed by atoms with van der Waals surface area (Å²) in [6.07, 6.45) is 0. The summed E-state index contributed by atoms with van der Waals surface area (Å²) in [6.45, 7) is 0.202. The minimum Gasteiger partial charge on any atom is -0.489 e. The van der Waals surface area contributed by atoms with Crippen LogP contribution in [-0.4, -0.2) is 0 Å².